The Kier molecular flexibility index (Phi) is 19.4. The number of benzene rings is 3. The number of fused-ring (bicyclic) bond motifs is 2. The lowest BCUT2D eigenvalue weighted by Gasteiger charge is -2.69. The van der Waals surface area contributed by atoms with E-state index in [2.05, 4.69) is 29.5 Å². The highest BCUT2D eigenvalue weighted by Crippen LogP contribution is 2.72. The number of carboxylic acid groups (broad SMARTS) is 2. The van der Waals surface area contributed by atoms with Crippen molar-refractivity contribution in [3.63, 3.8) is 0 Å². The number of pyridine rings is 1. The van der Waals surface area contributed by atoms with Gasteiger partial charge < -0.3 is 69.9 Å². The van der Waals surface area contributed by atoms with Gasteiger partial charge in [-0.05, 0) is 123 Å². The Morgan fingerprint density at radius 1 is 0.883 bits per heavy atom. The highest BCUT2D eigenvalue weighted by molar-refractivity contribution is 7.85. The molecule has 8 atom stereocenters. The number of hydrogen-bond acceptors (Lipinski definition) is 21. The van der Waals surface area contributed by atoms with E-state index in [1.807, 2.05) is 54.1 Å². The van der Waals surface area contributed by atoms with Crippen molar-refractivity contribution in [2.75, 3.05) is 69.1 Å². The molecule has 6 aliphatic rings. The number of carbonyl (C=O) groups is 5. The van der Waals surface area contributed by atoms with Crippen LogP contribution in [0.3, 0.4) is 0 Å². The number of aliphatic hydroxyl groups is 3. The van der Waals surface area contributed by atoms with Crippen LogP contribution < -0.4 is 30.7 Å². The van der Waals surface area contributed by atoms with Crippen LogP contribution in [0.4, 0.5) is 20.4 Å². The van der Waals surface area contributed by atoms with Gasteiger partial charge in [0, 0.05) is 72.9 Å². The number of para-hydroxylation sites is 1. The topological polar surface area (TPSA) is 396 Å². The summed E-state index contributed by atoms with van der Waals surface area (Å²) in [5.74, 6) is -4.53. The average molecular weight is 1340 g/mol. The van der Waals surface area contributed by atoms with Crippen LogP contribution in [-0.2, 0) is 58.2 Å². The van der Waals surface area contributed by atoms with Crippen LogP contribution in [-0.4, -0.2) is 194 Å². The summed E-state index contributed by atoms with van der Waals surface area (Å²) < 4.78 is 69.2. The number of nitrogens with two attached hydrogens (primary N) is 1. The maximum Gasteiger partial charge on any atom is 0.409 e. The number of rotatable bonds is 25. The molecule has 6 aromatic rings. The van der Waals surface area contributed by atoms with Crippen molar-refractivity contribution in [1.29, 1.82) is 0 Å². The molecule has 0 radical (unpaired) electrons. The average Bonchev–Trinajstić information content (AvgIpc) is 0.711. The summed E-state index contributed by atoms with van der Waals surface area (Å²) in [4.78, 5) is 77.0. The third-order valence-corrected chi connectivity index (χ3v) is 20.0. The van der Waals surface area contributed by atoms with Crippen LogP contribution in [0.1, 0.15) is 86.1 Å². The van der Waals surface area contributed by atoms with Gasteiger partial charge >= 0.3 is 24.1 Å². The fourth-order valence-corrected chi connectivity index (χ4v) is 16.7. The summed E-state index contributed by atoms with van der Waals surface area (Å²) in [6.45, 7) is 7.46. The normalized spacial score (nSPS) is 25.7. The molecule has 4 bridgehead atoms. The van der Waals surface area contributed by atoms with Crippen molar-refractivity contribution in [3.05, 3.63) is 102 Å². The van der Waals surface area contributed by atoms with Crippen molar-refractivity contribution in [3.8, 4) is 33.9 Å². The highest BCUT2D eigenvalue weighted by atomic mass is 32.2. The number of aromatic carboxylic acids is 1. The van der Waals surface area contributed by atoms with E-state index < -0.39 is 88.8 Å². The van der Waals surface area contributed by atoms with Crippen LogP contribution in [0.5, 0.6) is 11.5 Å². The quantitative estimate of drug-likeness (QED) is 0.0248. The van der Waals surface area contributed by atoms with Gasteiger partial charge in [-0.25, -0.2) is 29.1 Å². The van der Waals surface area contributed by atoms with Gasteiger partial charge in [-0.2, -0.15) is 13.5 Å². The second-order valence-electron chi connectivity index (χ2n) is 26.1. The zero-order chi connectivity index (χ0) is 67.1. The number of carbonyl (C=O) groups excluding carboxylic acids is 3. The first kappa shape index (κ1) is 67.5. The molecule has 5 heterocycles. The molecule has 504 valence electrons. The van der Waals surface area contributed by atoms with E-state index in [9.17, 15) is 57.9 Å². The first-order chi connectivity index (χ1) is 44.6. The number of aryl methyl sites for hydroxylation is 1. The van der Waals surface area contributed by atoms with Gasteiger partial charge in [0.25, 0.3) is 10.1 Å². The zero-order valence-electron chi connectivity index (χ0n) is 52.3. The molecule has 10 N–H and O–H groups in total. The number of anilines is 2. The summed E-state index contributed by atoms with van der Waals surface area (Å²) in [5, 5.41) is 62.8. The second-order valence-corrected chi connectivity index (χ2v) is 28.7. The molecule has 0 spiro atoms. The monoisotopic (exact) mass is 1340 g/mol. The number of aromatic nitrogens is 4. The Morgan fingerprint density at radius 2 is 1.65 bits per heavy atom. The number of aliphatic hydroxyl groups excluding tert-OH is 3. The molecule has 5 fully saturated rings. The van der Waals surface area contributed by atoms with E-state index in [0.29, 0.717) is 40.6 Å². The Balaban J connectivity index is 0.721. The number of amides is 4. The molecule has 3 unspecified atom stereocenters. The smallest absolute Gasteiger partial charge is 0.409 e. The van der Waals surface area contributed by atoms with E-state index >= 15 is 0 Å². The van der Waals surface area contributed by atoms with Crippen molar-refractivity contribution in [2.45, 2.75) is 128 Å². The van der Waals surface area contributed by atoms with Gasteiger partial charge in [-0.1, -0.05) is 49.4 Å². The van der Waals surface area contributed by atoms with Gasteiger partial charge in [-0.15, -0.1) is 0 Å². The molecule has 4 saturated carbocycles. The van der Waals surface area contributed by atoms with Gasteiger partial charge in [0.05, 0.1) is 53.3 Å². The second kappa shape index (κ2) is 27.1. The maximum atomic E-state index is 13.8. The molecular weight excluding hydrogens is 1260 g/mol. The molecule has 1 saturated heterocycles. The van der Waals surface area contributed by atoms with E-state index in [-0.39, 0.29) is 84.5 Å². The number of nitrogens with one attached hydrogen (secondary N) is 2. The first-order valence-electron chi connectivity index (χ1n) is 30.9. The van der Waals surface area contributed by atoms with E-state index in [0.717, 1.165) is 78.5 Å². The van der Waals surface area contributed by atoms with E-state index in [4.69, 9.17) is 48.8 Å². The molecule has 28 nitrogen and oxygen atoms in total. The minimum atomic E-state index is -4.47. The minimum Gasteiger partial charge on any atom is -0.491 e. The predicted molar refractivity (Wildman–Crippen MR) is 340 cm³/mol. The molecular formula is C64H77N9O19S2. The largest absolute Gasteiger partial charge is 0.491 e. The van der Waals surface area contributed by atoms with Crippen molar-refractivity contribution >= 4 is 72.5 Å². The van der Waals surface area contributed by atoms with Crippen molar-refractivity contribution in [1.82, 2.24) is 30.0 Å². The number of aliphatic carboxylic acids is 1. The SMILES string of the molecule is Cc1c(-c2ccc(-c3ccc4c(c3)N(C(=O)Nc3nc5ccccc5s3)CCC4)nc2C(=O)O)cnn1CC12CC3(C)CC(C)(C1)CC(OCCN(C)C(=O)OCc1ccc(OCCOCCNC(=O)C(N)CS(=O)(=O)O)cc1O[C@@H]1O[C@H](C(=O)O)[C@@H](O)[C@H](O)[C@H]1O)(C3)C2. The first-order valence-corrected chi connectivity index (χ1v) is 33.3. The molecule has 94 heavy (non-hydrogen) atoms. The lowest BCUT2D eigenvalue weighted by molar-refractivity contribution is -0.271. The summed E-state index contributed by atoms with van der Waals surface area (Å²) in [6.07, 6.45) is -1.85. The van der Waals surface area contributed by atoms with Gasteiger partial charge in [0.15, 0.2) is 16.9 Å². The van der Waals surface area contributed by atoms with Gasteiger partial charge in [-0.3, -0.25) is 24.2 Å². The summed E-state index contributed by atoms with van der Waals surface area (Å²) in [7, 11) is -2.90. The standard InChI is InChI=1S/C64H77N9O19S2/c1-36-42(41-15-16-44(68-49(41)55(78)79)38-12-11-37-8-7-18-72(46(37)24-38)59(82)70-58-69-45-9-5-6-10-48(45)93-58)26-67-73(36)35-63-30-61(2)29-62(3,31-63)33-64(32-61,34-63)90-21-19-71(4)60(83)89-27-39-13-14-40(88-23-22-87-20-17-66-54(77)43(65)28-94(84,85)86)25-47(39)91-57-52(76)50(74)51(75)53(92-57)56(80)81/h5-6,9-16,24-26,43,50-53,57,74-76H,7-8,17-23,27-35,65H2,1-4H3,(H,66,77)(H,78,79)(H,80,81)(H,69,70,82)(H,84,85,86)/t43?,50-,51-,52+,53-,57+,61?,62?,63?,64?/m0/s1. The summed E-state index contributed by atoms with van der Waals surface area (Å²) in [6, 6.07) is 19.6. The van der Waals surface area contributed by atoms with E-state index in [1.165, 1.54) is 34.4 Å². The summed E-state index contributed by atoms with van der Waals surface area (Å²) in [5.41, 5.74) is 10.2. The lowest BCUT2D eigenvalue weighted by atomic mass is 9.39. The third kappa shape index (κ3) is 14.9. The molecule has 3 aromatic carbocycles. The Bertz CT molecular complexity index is 3930. The van der Waals surface area contributed by atoms with Crippen LogP contribution in [0.25, 0.3) is 32.6 Å². The number of likely N-dealkylation sites (N-methyl/N-ethyl adjacent to an activating group) is 1. The number of nitrogens with zero attached hydrogens (tertiary/aromatic N) is 6. The third-order valence-electron chi connectivity index (χ3n) is 18.2. The zero-order valence-corrected chi connectivity index (χ0v) is 53.9. The molecule has 12 rings (SSSR count). The minimum absolute atomic E-state index is 0.00805. The number of carboxylic acids is 2. The molecule has 4 amide bonds. The highest BCUT2D eigenvalue weighted by Gasteiger charge is 2.66. The Morgan fingerprint density at radius 3 is 2.38 bits per heavy atom. The number of urea groups is 1. The van der Waals surface area contributed by atoms with E-state index in [1.54, 1.807) is 30.3 Å². The molecule has 2 aliphatic heterocycles. The molecule has 3 aromatic heterocycles. The molecule has 4 aliphatic carbocycles. The number of thiazole rings is 1. The van der Waals surface area contributed by atoms with Crippen molar-refractivity contribution < 1.29 is 90.9 Å². The Hall–Kier alpha value is -7.91. The van der Waals surface area contributed by atoms with Crippen molar-refractivity contribution in [2.24, 2.45) is 22.0 Å². The summed E-state index contributed by atoms with van der Waals surface area (Å²) >= 11 is 1.40. The fraction of sp³-hybridized carbons (Fsp3) is 0.500. The van der Waals surface area contributed by atoms with Crippen LogP contribution in [0.15, 0.2) is 79.0 Å². The maximum absolute atomic E-state index is 13.8. The molecule has 30 heteroatoms. The van der Waals surface area contributed by atoms with Gasteiger partial charge in [0.1, 0.15) is 49.1 Å². The fourth-order valence-electron chi connectivity index (χ4n) is 15.2. The van der Waals surface area contributed by atoms with Gasteiger partial charge in [0.2, 0.25) is 12.2 Å². The Labute approximate surface area is 545 Å². The lowest BCUT2D eigenvalue weighted by Crippen LogP contribution is -2.64. The van der Waals surface area contributed by atoms with Crippen LogP contribution >= 0.6 is 11.3 Å². The number of ether oxygens (including phenoxy) is 6. The number of hydrogen-bond donors (Lipinski definition) is 9. The predicted octanol–water partition coefficient (Wildman–Crippen LogP) is 5.62. The van der Waals surface area contributed by atoms with Crippen LogP contribution in [0, 0.1) is 23.2 Å². The van der Waals surface area contributed by atoms with Crippen LogP contribution in [0.2, 0.25) is 0 Å².